The Morgan fingerprint density at radius 3 is 2.68 bits per heavy atom. The van der Waals surface area contributed by atoms with E-state index in [0.29, 0.717) is 5.69 Å². The van der Waals surface area contributed by atoms with Gasteiger partial charge in [-0.1, -0.05) is 17.8 Å². The summed E-state index contributed by atoms with van der Waals surface area (Å²) in [4.78, 5) is 24.6. The van der Waals surface area contributed by atoms with Crippen LogP contribution in [0.5, 0.6) is 0 Å². The number of nitrogens with zero attached hydrogens (tertiary/aromatic N) is 3. The third kappa shape index (κ3) is 4.79. The van der Waals surface area contributed by atoms with Gasteiger partial charge in [0.05, 0.1) is 10.6 Å². The molecule has 0 saturated carbocycles. The smallest absolute Gasteiger partial charge is 0.234 e. The van der Waals surface area contributed by atoms with Gasteiger partial charge in [0, 0.05) is 24.8 Å². The lowest BCUT2D eigenvalue weighted by Gasteiger charge is -2.11. The maximum atomic E-state index is 12.4. The molecule has 146 valence electrons. The topological polar surface area (TPSA) is 88.9 Å². The van der Waals surface area contributed by atoms with Crippen LogP contribution in [-0.4, -0.2) is 32.3 Å². The van der Waals surface area contributed by atoms with E-state index in [-0.39, 0.29) is 17.6 Å². The largest absolute Gasteiger partial charge is 0.326 e. The fraction of sp³-hybridized carbons (Fsp3) is 0.263. The van der Waals surface area contributed by atoms with Crippen molar-refractivity contribution in [2.45, 2.75) is 32.5 Å². The monoisotopic (exact) mass is 415 g/mol. The van der Waals surface area contributed by atoms with Gasteiger partial charge in [-0.15, -0.1) is 21.5 Å². The van der Waals surface area contributed by atoms with Crippen molar-refractivity contribution in [2.24, 2.45) is 0 Å². The summed E-state index contributed by atoms with van der Waals surface area (Å²) in [5, 5.41) is 16.9. The van der Waals surface area contributed by atoms with Crippen molar-refractivity contribution in [3.05, 3.63) is 41.3 Å². The first-order valence-corrected chi connectivity index (χ1v) is 10.6. The number of thiophene rings is 1. The minimum Gasteiger partial charge on any atom is -0.326 e. The van der Waals surface area contributed by atoms with Gasteiger partial charge < -0.3 is 15.2 Å². The molecule has 0 aliphatic carbocycles. The Kier molecular flexibility index (Phi) is 6.48. The van der Waals surface area contributed by atoms with Crippen molar-refractivity contribution in [3.63, 3.8) is 0 Å². The second-order valence-corrected chi connectivity index (χ2v) is 7.97. The van der Waals surface area contributed by atoms with Crippen molar-refractivity contribution in [3.8, 4) is 10.7 Å². The van der Waals surface area contributed by atoms with Gasteiger partial charge in [0.15, 0.2) is 11.0 Å². The lowest BCUT2D eigenvalue weighted by Crippen LogP contribution is -2.15. The Hall–Kier alpha value is -2.65. The summed E-state index contributed by atoms with van der Waals surface area (Å²) >= 11 is 2.97. The number of thioether (sulfide) groups is 1. The zero-order valence-electron chi connectivity index (χ0n) is 15.9. The zero-order chi connectivity index (χ0) is 20.1. The number of aromatic nitrogens is 3. The van der Waals surface area contributed by atoms with Gasteiger partial charge in [-0.25, -0.2) is 0 Å². The number of hydrogen-bond donors (Lipinski definition) is 2. The Balaban J connectivity index is 1.63. The van der Waals surface area contributed by atoms with Crippen LogP contribution in [0.3, 0.4) is 0 Å². The highest BCUT2D eigenvalue weighted by Gasteiger charge is 2.15. The van der Waals surface area contributed by atoms with Crippen LogP contribution in [0.25, 0.3) is 10.7 Å². The molecule has 0 fully saturated rings. The summed E-state index contributed by atoms with van der Waals surface area (Å²) in [7, 11) is 0. The van der Waals surface area contributed by atoms with Gasteiger partial charge in [0.1, 0.15) is 0 Å². The summed E-state index contributed by atoms with van der Waals surface area (Å²) in [6, 6.07) is 9.36. The molecular formula is C19H21N5O2S2. The normalized spacial score (nSPS) is 10.7. The molecule has 0 aliphatic rings. The van der Waals surface area contributed by atoms with E-state index in [1.165, 1.54) is 18.7 Å². The number of aryl methyl sites for hydroxylation is 1. The fourth-order valence-corrected chi connectivity index (χ4v) is 4.19. The second kappa shape index (κ2) is 9.03. The molecule has 7 nitrogen and oxygen atoms in total. The Morgan fingerprint density at radius 1 is 1.21 bits per heavy atom. The molecule has 0 atom stereocenters. The third-order valence-corrected chi connectivity index (χ3v) is 5.76. The van der Waals surface area contributed by atoms with Crippen LogP contribution in [0.15, 0.2) is 40.9 Å². The number of carbonyl (C=O) groups excluding carboxylic acids is 2. The van der Waals surface area contributed by atoms with Crippen molar-refractivity contribution >= 4 is 46.3 Å². The van der Waals surface area contributed by atoms with E-state index >= 15 is 0 Å². The van der Waals surface area contributed by atoms with E-state index in [4.69, 9.17) is 0 Å². The van der Waals surface area contributed by atoms with Crippen LogP contribution < -0.4 is 10.6 Å². The van der Waals surface area contributed by atoms with Gasteiger partial charge in [0.25, 0.3) is 0 Å². The summed E-state index contributed by atoms with van der Waals surface area (Å²) in [5.74, 6) is 0.804. The highest BCUT2D eigenvalue weighted by Crippen LogP contribution is 2.27. The summed E-state index contributed by atoms with van der Waals surface area (Å²) in [6.07, 6.45) is 0. The van der Waals surface area contributed by atoms with Crippen LogP contribution in [0.1, 0.15) is 19.4 Å². The third-order valence-electron chi connectivity index (χ3n) is 3.93. The predicted octanol–water partition coefficient (Wildman–Crippen LogP) is 4.02. The van der Waals surface area contributed by atoms with Crippen LogP contribution in [0.2, 0.25) is 0 Å². The first-order chi connectivity index (χ1) is 13.5. The molecule has 1 aromatic carbocycles. The molecule has 2 aromatic heterocycles. The molecular weight excluding hydrogens is 394 g/mol. The van der Waals surface area contributed by atoms with E-state index < -0.39 is 0 Å². The Labute approximate surface area is 171 Å². The van der Waals surface area contributed by atoms with Gasteiger partial charge >= 0.3 is 0 Å². The van der Waals surface area contributed by atoms with Gasteiger partial charge in [-0.05, 0) is 49.1 Å². The maximum Gasteiger partial charge on any atom is 0.234 e. The molecule has 2 N–H and O–H groups in total. The minimum atomic E-state index is -0.130. The van der Waals surface area contributed by atoms with E-state index in [9.17, 15) is 9.59 Å². The highest BCUT2D eigenvalue weighted by molar-refractivity contribution is 7.99. The van der Waals surface area contributed by atoms with Crippen LogP contribution in [0, 0.1) is 6.92 Å². The van der Waals surface area contributed by atoms with Gasteiger partial charge in [-0.3, -0.25) is 9.59 Å². The van der Waals surface area contributed by atoms with Gasteiger partial charge in [0.2, 0.25) is 11.8 Å². The summed E-state index contributed by atoms with van der Waals surface area (Å²) in [6.45, 7) is 6.11. The summed E-state index contributed by atoms with van der Waals surface area (Å²) in [5.41, 5.74) is 2.30. The molecule has 28 heavy (non-hydrogen) atoms. The zero-order valence-corrected chi connectivity index (χ0v) is 17.5. The molecule has 2 amide bonds. The molecule has 3 aromatic rings. The highest BCUT2D eigenvalue weighted by atomic mass is 32.2. The van der Waals surface area contributed by atoms with Gasteiger partial charge in [-0.2, -0.15) is 0 Å². The van der Waals surface area contributed by atoms with Crippen LogP contribution in [0.4, 0.5) is 11.4 Å². The molecule has 0 radical (unpaired) electrons. The molecule has 0 saturated heterocycles. The molecule has 3 rings (SSSR count). The molecule has 0 spiro atoms. The fourth-order valence-electron chi connectivity index (χ4n) is 2.67. The first-order valence-electron chi connectivity index (χ1n) is 8.76. The lowest BCUT2D eigenvalue weighted by molar-refractivity contribution is -0.114. The number of amides is 2. The number of benzene rings is 1. The first kappa shape index (κ1) is 20.1. The molecule has 2 heterocycles. The van der Waals surface area contributed by atoms with E-state index in [0.717, 1.165) is 33.7 Å². The van der Waals surface area contributed by atoms with Crippen molar-refractivity contribution in [1.82, 2.24) is 14.8 Å². The number of nitrogens with one attached hydrogen (secondary N) is 2. The summed E-state index contributed by atoms with van der Waals surface area (Å²) < 4.78 is 2.01. The van der Waals surface area contributed by atoms with Crippen LogP contribution in [-0.2, 0) is 16.1 Å². The second-order valence-electron chi connectivity index (χ2n) is 6.08. The number of rotatable bonds is 7. The average Bonchev–Trinajstić information content (AvgIpc) is 3.30. The Bertz CT molecular complexity index is 982. The maximum absolute atomic E-state index is 12.4. The van der Waals surface area contributed by atoms with Crippen molar-refractivity contribution in [1.29, 1.82) is 0 Å². The average molecular weight is 416 g/mol. The van der Waals surface area contributed by atoms with E-state index in [1.54, 1.807) is 23.5 Å². The molecule has 0 aliphatic heterocycles. The SMILES string of the molecule is CCn1c(SCC(=O)Nc2ccc(NC(C)=O)cc2C)nnc1-c1cccs1. The number of carbonyl (C=O) groups is 2. The van der Waals surface area contributed by atoms with Crippen LogP contribution >= 0.6 is 23.1 Å². The quantitative estimate of drug-likeness (QED) is 0.569. The van der Waals surface area contributed by atoms with E-state index in [2.05, 4.69) is 20.8 Å². The predicted molar refractivity (Wildman–Crippen MR) is 114 cm³/mol. The minimum absolute atomic E-state index is 0.122. The Morgan fingerprint density at radius 2 is 2.04 bits per heavy atom. The standard InChI is InChI=1S/C19H21N5O2S2/c1-4-24-18(16-6-5-9-27-16)22-23-19(24)28-11-17(26)21-15-8-7-14(10-12(15)2)20-13(3)25/h5-10H,4,11H2,1-3H3,(H,20,25)(H,21,26). The lowest BCUT2D eigenvalue weighted by atomic mass is 10.1. The van der Waals surface area contributed by atoms with Crippen molar-refractivity contribution < 1.29 is 9.59 Å². The number of hydrogen-bond acceptors (Lipinski definition) is 6. The molecule has 0 unspecified atom stereocenters. The molecule has 0 bridgehead atoms. The number of anilines is 2. The van der Waals surface area contributed by atoms with E-state index in [1.807, 2.05) is 42.0 Å². The molecule has 9 heteroatoms. The van der Waals surface area contributed by atoms with Crippen molar-refractivity contribution in [2.75, 3.05) is 16.4 Å².